The van der Waals surface area contributed by atoms with Crippen LogP contribution in [0, 0.1) is 6.92 Å². The molecule has 1 N–H and O–H groups in total. The van der Waals surface area contributed by atoms with Crippen molar-refractivity contribution in [3.05, 3.63) is 47.3 Å². The molecule has 0 aliphatic rings. The molecule has 0 fully saturated rings. The number of nitrogens with one attached hydrogen (secondary N) is 1. The van der Waals surface area contributed by atoms with Gasteiger partial charge < -0.3 is 10.2 Å². The number of nitrogens with zero attached hydrogens (tertiary/aromatic N) is 3. The van der Waals surface area contributed by atoms with Gasteiger partial charge in [-0.15, -0.1) is 0 Å². The van der Waals surface area contributed by atoms with Gasteiger partial charge in [-0.3, -0.25) is 9.48 Å². The molecule has 112 valence electrons. The molecule has 0 bridgehead atoms. The second-order valence-corrected chi connectivity index (χ2v) is 5.45. The van der Waals surface area contributed by atoms with E-state index in [4.69, 9.17) is 0 Å². The molecule has 0 aliphatic carbocycles. The van der Waals surface area contributed by atoms with Crippen molar-refractivity contribution in [2.75, 3.05) is 19.0 Å². The van der Waals surface area contributed by atoms with Gasteiger partial charge >= 0.3 is 0 Å². The van der Waals surface area contributed by atoms with Crippen LogP contribution in [0.3, 0.4) is 0 Å². The van der Waals surface area contributed by atoms with Gasteiger partial charge in [-0.25, -0.2) is 0 Å². The van der Waals surface area contributed by atoms with Crippen molar-refractivity contribution in [2.24, 2.45) is 7.05 Å². The highest BCUT2D eigenvalue weighted by atomic mass is 16.1. The molecule has 0 saturated heterocycles. The van der Waals surface area contributed by atoms with Crippen molar-refractivity contribution < 1.29 is 4.79 Å². The van der Waals surface area contributed by atoms with Crippen LogP contribution in [0.1, 0.15) is 34.6 Å². The fourth-order valence-corrected chi connectivity index (χ4v) is 2.21. The number of carbonyl (C=O) groups is 1. The Balaban J connectivity index is 2.09. The summed E-state index contributed by atoms with van der Waals surface area (Å²) in [5.41, 5.74) is 3.83. The summed E-state index contributed by atoms with van der Waals surface area (Å²) >= 11 is 0. The Morgan fingerprint density at radius 1 is 1.29 bits per heavy atom. The first-order valence-corrected chi connectivity index (χ1v) is 6.97. The molecule has 0 spiro atoms. The van der Waals surface area contributed by atoms with E-state index in [0.29, 0.717) is 5.56 Å². The number of hydrogen-bond acceptors (Lipinski definition) is 3. The molecule has 1 heterocycles. The minimum atomic E-state index is -0.0731. The third-order valence-electron chi connectivity index (χ3n) is 3.73. The lowest BCUT2D eigenvalue weighted by molar-refractivity contribution is 0.0940. The van der Waals surface area contributed by atoms with Crippen LogP contribution in [0.2, 0.25) is 0 Å². The summed E-state index contributed by atoms with van der Waals surface area (Å²) in [7, 11) is 5.85. The molecule has 0 radical (unpaired) electrons. The number of rotatable bonds is 4. The molecule has 2 aromatic rings. The molecular formula is C16H22N4O. The minimum absolute atomic E-state index is 0.0697. The molecule has 2 rings (SSSR count). The molecular weight excluding hydrogens is 264 g/mol. The molecule has 21 heavy (non-hydrogen) atoms. The fraction of sp³-hybridized carbons (Fsp3) is 0.375. The van der Waals surface area contributed by atoms with Crippen molar-refractivity contribution in [1.29, 1.82) is 0 Å². The first kappa shape index (κ1) is 15.1. The predicted molar refractivity (Wildman–Crippen MR) is 84.6 cm³/mol. The van der Waals surface area contributed by atoms with E-state index in [9.17, 15) is 4.79 Å². The summed E-state index contributed by atoms with van der Waals surface area (Å²) in [6, 6.07) is 7.49. The Hall–Kier alpha value is -2.30. The van der Waals surface area contributed by atoms with Crippen LogP contribution in [0.5, 0.6) is 0 Å². The maximum Gasteiger partial charge on any atom is 0.251 e. The summed E-state index contributed by atoms with van der Waals surface area (Å²) in [4.78, 5) is 14.3. The van der Waals surface area contributed by atoms with Gasteiger partial charge in [0.05, 0.1) is 12.2 Å². The minimum Gasteiger partial charge on any atom is -0.378 e. The lowest BCUT2D eigenvalue weighted by Crippen LogP contribution is -2.27. The Bertz CT molecular complexity index is 628. The number of hydrogen-bond donors (Lipinski definition) is 1. The predicted octanol–water partition coefficient (Wildman–Crippen LogP) is 2.29. The molecule has 1 aromatic carbocycles. The van der Waals surface area contributed by atoms with Crippen LogP contribution in [0.4, 0.5) is 5.69 Å². The van der Waals surface area contributed by atoms with E-state index in [1.54, 1.807) is 6.20 Å². The van der Waals surface area contributed by atoms with Gasteiger partial charge in [-0.05, 0) is 38.1 Å². The molecule has 0 saturated carbocycles. The fourth-order valence-electron chi connectivity index (χ4n) is 2.21. The van der Waals surface area contributed by atoms with Crippen molar-refractivity contribution in [3.8, 4) is 0 Å². The maximum atomic E-state index is 12.3. The van der Waals surface area contributed by atoms with Crippen molar-refractivity contribution in [3.63, 3.8) is 0 Å². The van der Waals surface area contributed by atoms with Crippen molar-refractivity contribution >= 4 is 11.6 Å². The van der Waals surface area contributed by atoms with Crippen LogP contribution >= 0.6 is 0 Å². The third kappa shape index (κ3) is 3.24. The second-order valence-electron chi connectivity index (χ2n) is 5.45. The second kappa shape index (κ2) is 5.99. The molecule has 1 atom stereocenters. The van der Waals surface area contributed by atoms with Gasteiger partial charge in [-0.1, -0.05) is 0 Å². The number of carbonyl (C=O) groups excluding carboxylic acids is 1. The molecule has 1 amide bonds. The van der Waals surface area contributed by atoms with Crippen LogP contribution < -0.4 is 10.2 Å². The SMILES string of the molecule is Cc1c([C@@H](C)NC(=O)c2ccc(N(C)C)cc2)cnn1C. The number of aromatic nitrogens is 2. The van der Waals surface area contributed by atoms with E-state index in [1.807, 2.05) is 68.8 Å². The zero-order valence-corrected chi connectivity index (χ0v) is 13.2. The van der Waals surface area contributed by atoms with Crippen LogP contribution in [-0.4, -0.2) is 29.8 Å². The zero-order chi connectivity index (χ0) is 15.6. The summed E-state index contributed by atoms with van der Waals surface area (Å²) in [5.74, 6) is -0.0731. The first-order chi connectivity index (χ1) is 9.90. The summed E-state index contributed by atoms with van der Waals surface area (Å²) in [5, 5.41) is 7.22. The third-order valence-corrected chi connectivity index (χ3v) is 3.73. The van der Waals surface area contributed by atoms with Gasteiger partial charge in [0.2, 0.25) is 0 Å². The van der Waals surface area contributed by atoms with Crippen LogP contribution in [0.25, 0.3) is 0 Å². The largest absolute Gasteiger partial charge is 0.378 e. The Labute approximate surface area is 125 Å². The smallest absolute Gasteiger partial charge is 0.251 e. The molecule has 1 aromatic heterocycles. The Morgan fingerprint density at radius 2 is 1.90 bits per heavy atom. The summed E-state index contributed by atoms with van der Waals surface area (Å²) < 4.78 is 1.81. The maximum absolute atomic E-state index is 12.3. The summed E-state index contributed by atoms with van der Waals surface area (Å²) in [6.45, 7) is 3.97. The Kier molecular flexibility index (Phi) is 4.31. The van der Waals surface area contributed by atoms with Gasteiger partial charge in [0, 0.05) is 43.7 Å². The normalized spacial score (nSPS) is 12.0. The van der Waals surface area contributed by atoms with E-state index >= 15 is 0 Å². The van der Waals surface area contributed by atoms with Crippen molar-refractivity contribution in [2.45, 2.75) is 19.9 Å². The van der Waals surface area contributed by atoms with Gasteiger partial charge in [-0.2, -0.15) is 5.10 Å². The number of anilines is 1. The number of aryl methyl sites for hydroxylation is 1. The highest BCUT2D eigenvalue weighted by Gasteiger charge is 2.15. The quantitative estimate of drug-likeness (QED) is 0.938. The molecule has 5 nitrogen and oxygen atoms in total. The van der Waals surface area contributed by atoms with E-state index in [0.717, 1.165) is 16.9 Å². The molecule has 0 unspecified atom stereocenters. The van der Waals surface area contributed by atoms with E-state index in [-0.39, 0.29) is 11.9 Å². The molecule has 0 aliphatic heterocycles. The lowest BCUT2D eigenvalue weighted by Gasteiger charge is -2.15. The highest BCUT2D eigenvalue weighted by molar-refractivity contribution is 5.94. The first-order valence-electron chi connectivity index (χ1n) is 6.97. The lowest BCUT2D eigenvalue weighted by atomic mass is 10.1. The van der Waals surface area contributed by atoms with Gasteiger partial charge in [0.25, 0.3) is 5.91 Å². The topological polar surface area (TPSA) is 50.2 Å². The molecule has 5 heteroatoms. The van der Waals surface area contributed by atoms with Crippen molar-refractivity contribution in [1.82, 2.24) is 15.1 Å². The van der Waals surface area contributed by atoms with E-state index in [2.05, 4.69) is 10.4 Å². The van der Waals surface area contributed by atoms with Gasteiger partial charge in [0.1, 0.15) is 0 Å². The van der Waals surface area contributed by atoms with Gasteiger partial charge in [0.15, 0.2) is 0 Å². The average molecular weight is 286 g/mol. The zero-order valence-electron chi connectivity index (χ0n) is 13.2. The number of benzene rings is 1. The summed E-state index contributed by atoms with van der Waals surface area (Å²) in [6.07, 6.45) is 1.80. The average Bonchev–Trinajstić information content (AvgIpc) is 2.79. The van der Waals surface area contributed by atoms with Crippen LogP contribution in [0.15, 0.2) is 30.5 Å². The van der Waals surface area contributed by atoms with E-state index < -0.39 is 0 Å². The van der Waals surface area contributed by atoms with E-state index in [1.165, 1.54) is 0 Å². The van der Waals surface area contributed by atoms with Crippen LogP contribution in [-0.2, 0) is 7.05 Å². The monoisotopic (exact) mass is 286 g/mol. The number of amides is 1. The standard InChI is InChI=1S/C16H22N4O/c1-11(15-10-17-20(5)12(15)2)18-16(21)13-6-8-14(9-7-13)19(3)4/h6-11H,1-5H3,(H,18,21)/t11-/m1/s1. The highest BCUT2D eigenvalue weighted by Crippen LogP contribution is 2.17. The Morgan fingerprint density at radius 3 is 2.38 bits per heavy atom.